The SMILES string of the molecule is C/C=C\C(=C/C)n1c2ccc(C)cc2c2cc3c4ccccc4n(-c4cccc(C)c4)c3cc21. The van der Waals surface area contributed by atoms with Gasteiger partial charge in [0.2, 0.25) is 0 Å². The summed E-state index contributed by atoms with van der Waals surface area (Å²) < 4.78 is 4.82. The molecule has 0 saturated carbocycles. The summed E-state index contributed by atoms with van der Waals surface area (Å²) in [6, 6.07) is 29.1. The number of allylic oxidation sites excluding steroid dienone is 4. The maximum atomic E-state index is 2.41. The molecular weight excluding hydrogens is 412 g/mol. The second-order valence-corrected chi connectivity index (χ2v) is 9.15. The van der Waals surface area contributed by atoms with Crippen LogP contribution >= 0.6 is 0 Å². The number of aromatic nitrogens is 2. The van der Waals surface area contributed by atoms with Crippen LogP contribution in [0.4, 0.5) is 0 Å². The maximum Gasteiger partial charge on any atom is 0.0562 e. The molecule has 2 heteroatoms. The Kier molecular flexibility index (Phi) is 4.70. The molecule has 6 aromatic rings. The van der Waals surface area contributed by atoms with Gasteiger partial charge in [-0.3, -0.25) is 0 Å². The van der Waals surface area contributed by atoms with Crippen LogP contribution in [0.15, 0.2) is 97.1 Å². The highest BCUT2D eigenvalue weighted by atomic mass is 15.0. The molecule has 2 aromatic heterocycles. The topological polar surface area (TPSA) is 9.86 Å². The molecule has 0 aliphatic carbocycles. The van der Waals surface area contributed by atoms with Gasteiger partial charge in [-0.15, -0.1) is 0 Å². The molecule has 4 aromatic carbocycles. The van der Waals surface area contributed by atoms with Gasteiger partial charge in [0.25, 0.3) is 0 Å². The van der Waals surface area contributed by atoms with Gasteiger partial charge < -0.3 is 9.13 Å². The van der Waals surface area contributed by atoms with Gasteiger partial charge in [-0.1, -0.05) is 54.1 Å². The van der Waals surface area contributed by atoms with Crippen LogP contribution in [0.2, 0.25) is 0 Å². The average molecular weight is 441 g/mol. The van der Waals surface area contributed by atoms with Crippen LogP contribution in [-0.4, -0.2) is 9.13 Å². The van der Waals surface area contributed by atoms with Crippen molar-refractivity contribution in [3.05, 3.63) is 108 Å². The van der Waals surface area contributed by atoms with Crippen LogP contribution in [0.1, 0.15) is 25.0 Å². The fraction of sp³-hybridized carbons (Fsp3) is 0.125. The van der Waals surface area contributed by atoms with Crippen molar-refractivity contribution in [2.24, 2.45) is 0 Å². The van der Waals surface area contributed by atoms with Gasteiger partial charge in [0, 0.05) is 32.9 Å². The van der Waals surface area contributed by atoms with Crippen LogP contribution in [0.3, 0.4) is 0 Å². The Labute approximate surface area is 200 Å². The van der Waals surface area contributed by atoms with Crippen LogP contribution in [0, 0.1) is 13.8 Å². The number of aryl methyl sites for hydroxylation is 2. The van der Waals surface area contributed by atoms with Crippen molar-refractivity contribution in [2.45, 2.75) is 27.7 Å². The maximum absolute atomic E-state index is 2.41. The molecule has 0 radical (unpaired) electrons. The Hall–Kier alpha value is -4.04. The lowest BCUT2D eigenvalue weighted by Gasteiger charge is -2.11. The lowest BCUT2D eigenvalue weighted by molar-refractivity contribution is 1.17. The molecule has 0 aliphatic rings. The van der Waals surface area contributed by atoms with E-state index in [-0.39, 0.29) is 0 Å². The van der Waals surface area contributed by atoms with E-state index in [2.05, 4.69) is 134 Å². The molecule has 0 spiro atoms. The van der Waals surface area contributed by atoms with Gasteiger partial charge in [-0.05, 0) is 81.8 Å². The van der Waals surface area contributed by atoms with Crippen LogP contribution in [0.25, 0.3) is 55.0 Å². The minimum atomic E-state index is 1.18. The first-order valence-corrected chi connectivity index (χ1v) is 11.9. The first kappa shape index (κ1) is 20.6. The van der Waals surface area contributed by atoms with Crippen molar-refractivity contribution in [3.63, 3.8) is 0 Å². The van der Waals surface area contributed by atoms with E-state index in [4.69, 9.17) is 0 Å². The summed E-state index contributed by atoms with van der Waals surface area (Å²) in [7, 11) is 0. The second-order valence-electron chi connectivity index (χ2n) is 9.15. The average Bonchev–Trinajstić information content (AvgIpc) is 3.33. The van der Waals surface area contributed by atoms with E-state index >= 15 is 0 Å². The van der Waals surface area contributed by atoms with Crippen LogP contribution in [0.5, 0.6) is 0 Å². The molecule has 0 fully saturated rings. The summed E-state index contributed by atoms with van der Waals surface area (Å²) in [5.74, 6) is 0. The summed E-state index contributed by atoms with van der Waals surface area (Å²) in [6.45, 7) is 8.53. The summed E-state index contributed by atoms with van der Waals surface area (Å²) in [4.78, 5) is 0. The third-order valence-corrected chi connectivity index (χ3v) is 6.87. The minimum Gasteiger partial charge on any atom is -0.310 e. The third-order valence-electron chi connectivity index (χ3n) is 6.87. The Morgan fingerprint density at radius 3 is 2.18 bits per heavy atom. The van der Waals surface area contributed by atoms with Gasteiger partial charge in [-0.25, -0.2) is 0 Å². The molecule has 0 N–H and O–H groups in total. The standard InChI is InChI=1S/C32H28N2/c1-5-10-23(6-2)33-30-16-15-22(4)18-26(30)28-19-27-25-13-7-8-14-29(25)34(31(27)20-32(28)33)24-12-9-11-21(3)17-24/h5-20H,1-4H3/b10-5-,23-6+. The molecule has 0 unspecified atom stereocenters. The van der Waals surface area contributed by atoms with Crippen molar-refractivity contribution >= 4 is 49.3 Å². The van der Waals surface area contributed by atoms with Gasteiger partial charge in [0.1, 0.15) is 0 Å². The first-order valence-electron chi connectivity index (χ1n) is 11.9. The largest absolute Gasteiger partial charge is 0.310 e. The summed E-state index contributed by atoms with van der Waals surface area (Å²) in [5.41, 5.74) is 9.87. The quantitative estimate of drug-likeness (QED) is 0.243. The molecule has 0 saturated heterocycles. The number of hydrogen-bond donors (Lipinski definition) is 0. The molecule has 0 amide bonds. The third kappa shape index (κ3) is 2.95. The summed E-state index contributed by atoms with van der Waals surface area (Å²) in [6.07, 6.45) is 6.50. The number of hydrogen-bond acceptors (Lipinski definition) is 0. The fourth-order valence-electron chi connectivity index (χ4n) is 5.39. The molecule has 2 nitrogen and oxygen atoms in total. The summed E-state index contributed by atoms with van der Waals surface area (Å²) >= 11 is 0. The van der Waals surface area contributed by atoms with Gasteiger partial charge in [-0.2, -0.15) is 0 Å². The number of benzene rings is 4. The van der Waals surface area contributed by atoms with Crippen molar-refractivity contribution in [1.82, 2.24) is 9.13 Å². The second kappa shape index (κ2) is 7.78. The van der Waals surface area contributed by atoms with E-state index in [1.54, 1.807) is 0 Å². The van der Waals surface area contributed by atoms with Crippen molar-refractivity contribution < 1.29 is 0 Å². The van der Waals surface area contributed by atoms with Crippen LogP contribution in [-0.2, 0) is 0 Å². The molecule has 2 heterocycles. The predicted octanol–water partition coefficient (Wildman–Crippen LogP) is 8.95. The zero-order chi connectivity index (χ0) is 23.4. The molecule has 6 rings (SSSR count). The molecule has 0 bridgehead atoms. The molecular formula is C32H28N2. The van der Waals surface area contributed by atoms with E-state index in [1.807, 2.05) is 0 Å². The van der Waals surface area contributed by atoms with E-state index in [9.17, 15) is 0 Å². The smallest absolute Gasteiger partial charge is 0.0562 e. The fourth-order valence-corrected chi connectivity index (χ4v) is 5.39. The van der Waals surface area contributed by atoms with Gasteiger partial charge in [0.15, 0.2) is 0 Å². The van der Waals surface area contributed by atoms with Crippen molar-refractivity contribution in [3.8, 4) is 5.69 Å². The van der Waals surface area contributed by atoms with Crippen LogP contribution < -0.4 is 0 Å². The number of nitrogens with zero attached hydrogens (tertiary/aromatic N) is 2. The van der Waals surface area contributed by atoms with E-state index in [1.165, 1.54) is 66.1 Å². The number of para-hydroxylation sites is 1. The zero-order valence-corrected chi connectivity index (χ0v) is 20.1. The minimum absolute atomic E-state index is 1.18. The highest BCUT2D eigenvalue weighted by molar-refractivity contribution is 6.19. The normalized spacial score (nSPS) is 12.8. The Bertz CT molecular complexity index is 1790. The van der Waals surface area contributed by atoms with Gasteiger partial charge >= 0.3 is 0 Å². The number of rotatable bonds is 3. The molecule has 166 valence electrons. The van der Waals surface area contributed by atoms with Crippen molar-refractivity contribution in [1.29, 1.82) is 0 Å². The Balaban J connectivity index is 1.84. The highest BCUT2D eigenvalue weighted by Crippen LogP contribution is 2.39. The van der Waals surface area contributed by atoms with Gasteiger partial charge in [0.05, 0.1) is 22.1 Å². The Morgan fingerprint density at radius 1 is 0.618 bits per heavy atom. The Morgan fingerprint density at radius 2 is 1.38 bits per heavy atom. The lowest BCUT2D eigenvalue weighted by Crippen LogP contribution is -1.96. The van der Waals surface area contributed by atoms with E-state index < -0.39 is 0 Å². The summed E-state index contributed by atoms with van der Waals surface area (Å²) in [5, 5.41) is 5.17. The first-order chi connectivity index (χ1) is 16.6. The van der Waals surface area contributed by atoms with E-state index in [0.717, 1.165) is 0 Å². The monoisotopic (exact) mass is 440 g/mol. The molecule has 0 atom stereocenters. The molecule has 0 aliphatic heterocycles. The van der Waals surface area contributed by atoms with E-state index in [0.29, 0.717) is 0 Å². The zero-order valence-electron chi connectivity index (χ0n) is 20.1. The number of fused-ring (bicyclic) bond motifs is 6. The highest BCUT2D eigenvalue weighted by Gasteiger charge is 2.18. The van der Waals surface area contributed by atoms with Crippen molar-refractivity contribution in [2.75, 3.05) is 0 Å². The lowest BCUT2D eigenvalue weighted by atomic mass is 10.1. The molecule has 34 heavy (non-hydrogen) atoms. The predicted molar refractivity (Wildman–Crippen MR) is 148 cm³/mol.